The third-order valence-electron chi connectivity index (χ3n) is 4.36. The highest BCUT2D eigenvalue weighted by atomic mass is 16.6. The van der Waals surface area contributed by atoms with Crippen LogP contribution in [0.25, 0.3) is 11.3 Å². The Labute approximate surface area is 162 Å². The molecule has 0 saturated carbocycles. The van der Waals surface area contributed by atoms with E-state index in [0.29, 0.717) is 22.5 Å². The molecule has 1 aromatic heterocycles. The summed E-state index contributed by atoms with van der Waals surface area (Å²) in [5, 5.41) is 11.2. The molecule has 0 fully saturated rings. The quantitative estimate of drug-likeness (QED) is 0.365. The zero-order valence-corrected chi connectivity index (χ0v) is 15.5. The Bertz CT molecular complexity index is 1010. The number of aryl methyl sites for hydroxylation is 1. The Kier molecular flexibility index (Phi) is 5.74. The Balaban J connectivity index is 2.23. The van der Waals surface area contributed by atoms with E-state index < -0.39 is 16.8 Å². The largest absolute Gasteiger partial charge is 0.465 e. The van der Waals surface area contributed by atoms with Crippen LogP contribution in [0.15, 0.2) is 60.9 Å². The number of nitro groups is 1. The summed E-state index contributed by atoms with van der Waals surface area (Å²) in [4.78, 5) is 32.2. The molecular weight excluding hydrogens is 358 g/mol. The molecule has 0 N–H and O–H groups in total. The normalized spacial score (nSPS) is 11.6. The fourth-order valence-corrected chi connectivity index (χ4v) is 3.12. The predicted molar refractivity (Wildman–Crippen MR) is 104 cm³/mol. The number of esters is 1. The number of non-ortho nitro benzene ring substituents is 1. The molecule has 1 atom stereocenters. The number of nitrogens with zero attached hydrogens (tertiary/aromatic N) is 3. The minimum atomic E-state index is -0.739. The first-order valence-electron chi connectivity index (χ1n) is 8.80. The maximum atomic E-state index is 12.9. The number of ether oxygens (including phenoxy) is 1. The number of carbonyl (C=O) groups excluding carboxylic acids is 1. The summed E-state index contributed by atoms with van der Waals surface area (Å²) < 4.78 is 5.32. The van der Waals surface area contributed by atoms with Crippen molar-refractivity contribution in [2.75, 3.05) is 6.61 Å². The molecule has 142 valence electrons. The number of rotatable bonds is 6. The summed E-state index contributed by atoms with van der Waals surface area (Å²) in [5.41, 5.74) is 2.89. The molecule has 3 aromatic rings. The maximum Gasteiger partial charge on any atom is 0.318 e. The van der Waals surface area contributed by atoms with Crippen molar-refractivity contribution < 1.29 is 14.5 Å². The van der Waals surface area contributed by atoms with Crippen molar-refractivity contribution in [2.24, 2.45) is 0 Å². The second kappa shape index (κ2) is 8.39. The van der Waals surface area contributed by atoms with Crippen molar-refractivity contribution in [3.05, 3.63) is 87.9 Å². The molecule has 0 spiro atoms. The molecule has 3 rings (SSSR count). The molecule has 7 nitrogen and oxygen atoms in total. The molecular formula is C21H19N3O4. The van der Waals surface area contributed by atoms with Crippen molar-refractivity contribution in [3.8, 4) is 11.3 Å². The zero-order valence-electron chi connectivity index (χ0n) is 15.5. The Hall–Kier alpha value is -3.61. The summed E-state index contributed by atoms with van der Waals surface area (Å²) in [6, 6.07) is 15.4. The van der Waals surface area contributed by atoms with Gasteiger partial charge in [-0.15, -0.1) is 0 Å². The number of nitro benzene ring substituents is 1. The molecule has 1 heterocycles. The molecule has 0 bridgehead atoms. The van der Waals surface area contributed by atoms with Gasteiger partial charge in [0.25, 0.3) is 5.69 Å². The van der Waals surface area contributed by atoms with Crippen molar-refractivity contribution in [1.29, 1.82) is 0 Å². The van der Waals surface area contributed by atoms with Crippen LogP contribution in [0.1, 0.15) is 29.7 Å². The van der Waals surface area contributed by atoms with Gasteiger partial charge < -0.3 is 4.74 Å². The van der Waals surface area contributed by atoms with Crippen LogP contribution in [0.4, 0.5) is 5.69 Å². The van der Waals surface area contributed by atoms with E-state index >= 15 is 0 Å². The van der Waals surface area contributed by atoms with Crippen molar-refractivity contribution >= 4 is 11.7 Å². The summed E-state index contributed by atoms with van der Waals surface area (Å²) in [7, 11) is 0. The van der Waals surface area contributed by atoms with Crippen molar-refractivity contribution in [3.63, 3.8) is 0 Å². The van der Waals surface area contributed by atoms with Gasteiger partial charge in [-0.25, -0.2) is 9.97 Å². The van der Waals surface area contributed by atoms with Crippen LogP contribution in [0.2, 0.25) is 0 Å². The van der Waals surface area contributed by atoms with E-state index in [1.165, 1.54) is 18.5 Å². The number of benzene rings is 2. The molecule has 2 aromatic carbocycles. The highest BCUT2D eigenvalue weighted by Crippen LogP contribution is 2.35. The Morgan fingerprint density at radius 1 is 1.14 bits per heavy atom. The second-order valence-corrected chi connectivity index (χ2v) is 6.12. The predicted octanol–water partition coefficient (Wildman–Crippen LogP) is 4.06. The van der Waals surface area contributed by atoms with E-state index in [1.807, 2.05) is 30.3 Å². The first kappa shape index (κ1) is 19.2. The van der Waals surface area contributed by atoms with Gasteiger partial charge in [0.2, 0.25) is 0 Å². The lowest BCUT2D eigenvalue weighted by molar-refractivity contribution is -0.384. The number of carbonyl (C=O) groups is 1. The van der Waals surface area contributed by atoms with Crippen molar-refractivity contribution in [1.82, 2.24) is 9.97 Å². The van der Waals surface area contributed by atoms with Crippen LogP contribution < -0.4 is 0 Å². The third kappa shape index (κ3) is 3.88. The van der Waals surface area contributed by atoms with Gasteiger partial charge in [-0.3, -0.25) is 14.9 Å². The summed E-state index contributed by atoms with van der Waals surface area (Å²) >= 11 is 0. The topological polar surface area (TPSA) is 95.2 Å². The molecule has 0 aliphatic carbocycles. The molecule has 0 aliphatic rings. The molecule has 0 amide bonds. The van der Waals surface area contributed by atoms with Crippen molar-refractivity contribution in [2.45, 2.75) is 19.8 Å². The minimum Gasteiger partial charge on any atom is -0.465 e. The average molecular weight is 377 g/mol. The molecule has 7 heteroatoms. The van der Waals surface area contributed by atoms with Crippen LogP contribution >= 0.6 is 0 Å². The van der Waals surface area contributed by atoms with E-state index in [1.54, 1.807) is 26.0 Å². The van der Waals surface area contributed by atoms with E-state index in [0.717, 1.165) is 5.56 Å². The molecule has 0 saturated heterocycles. The minimum absolute atomic E-state index is 0.0490. The van der Waals surface area contributed by atoms with E-state index in [9.17, 15) is 14.9 Å². The molecule has 28 heavy (non-hydrogen) atoms. The van der Waals surface area contributed by atoms with E-state index in [4.69, 9.17) is 4.74 Å². The van der Waals surface area contributed by atoms with Crippen LogP contribution in [0, 0.1) is 17.0 Å². The van der Waals surface area contributed by atoms with Crippen LogP contribution in [-0.2, 0) is 9.53 Å². The van der Waals surface area contributed by atoms with E-state index in [-0.39, 0.29) is 12.3 Å². The van der Waals surface area contributed by atoms with Gasteiger partial charge in [-0.1, -0.05) is 42.5 Å². The van der Waals surface area contributed by atoms with Gasteiger partial charge in [0.1, 0.15) is 12.2 Å². The van der Waals surface area contributed by atoms with Crippen LogP contribution in [0.5, 0.6) is 0 Å². The smallest absolute Gasteiger partial charge is 0.318 e. The van der Waals surface area contributed by atoms with Gasteiger partial charge in [0.05, 0.1) is 17.2 Å². The lowest BCUT2D eigenvalue weighted by atomic mass is 9.87. The summed E-state index contributed by atoms with van der Waals surface area (Å²) in [6.07, 6.45) is 1.39. The van der Waals surface area contributed by atoms with Gasteiger partial charge >= 0.3 is 5.97 Å². The SMILES string of the molecule is CCOC(=O)C(c1ccccc1)c1c(C)ncnc1-c1cccc([N+](=O)[O-])c1. The number of aromatic nitrogens is 2. The first-order chi connectivity index (χ1) is 13.5. The average Bonchev–Trinajstić information content (AvgIpc) is 2.70. The maximum absolute atomic E-state index is 12.9. The lowest BCUT2D eigenvalue weighted by Gasteiger charge is -2.20. The van der Waals surface area contributed by atoms with Gasteiger partial charge in [0, 0.05) is 29.0 Å². The molecule has 1 unspecified atom stereocenters. The lowest BCUT2D eigenvalue weighted by Crippen LogP contribution is -2.20. The van der Waals surface area contributed by atoms with E-state index in [2.05, 4.69) is 9.97 Å². The highest BCUT2D eigenvalue weighted by molar-refractivity contribution is 5.85. The third-order valence-corrected chi connectivity index (χ3v) is 4.36. The van der Waals surface area contributed by atoms with Gasteiger partial charge in [0.15, 0.2) is 0 Å². The number of hydrogen-bond donors (Lipinski definition) is 0. The van der Waals surface area contributed by atoms with Gasteiger partial charge in [-0.2, -0.15) is 0 Å². The fourth-order valence-electron chi connectivity index (χ4n) is 3.12. The number of hydrogen-bond acceptors (Lipinski definition) is 6. The second-order valence-electron chi connectivity index (χ2n) is 6.12. The van der Waals surface area contributed by atoms with Gasteiger partial charge in [-0.05, 0) is 19.4 Å². The Morgan fingerprint density at radius 2 is 1.89 bits per heavy atom. The first-order valence-corrected chi connectivity index (χ1v) is 8.80. The van der Waals surface area contributed by atoms with Crippen LogP contribution in [-0.4, -0.2) is 27.5 Å². The molecule has 0 aliphatic heterocycles. The standard InChI is InChI=1S/C21H19N3O4/c1-3-28-21(25)19(15-8-5-4-6-9-15)18-14(2)22-13-23-20(18)16-10-7-11-17(12-16)24(26)27/h4-13,19H,3H2,1-2H3. The monoisotopic (exact) mass is 377 g/mol. The highest BCUT2D eigenvalue weighted by Gasteiger charge is 2.30. The summed E-state index contributed by atoms with van der Waals surface area (Å²) in [5.74, 6) is -1.16. The Morgan fingerprint density at radius 3 is 2.57 bits per heavy atom. The zero-order chi connectivity index (χ0) is 20.1. The molecule has 0 radical (unpaired) electrons. The van der Waals surface area contributed by atoms with Crippen LogP contribution in [0.3, 0.4) is 0 Å². The summed E-state index contributed by atoms with van der Waals surface area (Å²) in [6.45, 7) is 3.77. The fraction of sp³-hybridized carbons (Fsp3) is 0.190.